The number of hydrogen-bond donors (Lipinski definition) is 1. The zero-order valence-electron chi connectivity index (χ0n) is 15.9. The van der Waals surface area contributed by atoms with Crippen molar-refractivity contribution in [1.82, 2.24) is 19.4 Å². The molecule has 1 N–H and O–H groups in total. The number of fused-ring (bicyclic) bond motifs is 2. The van der Waals surface area contributed by atoms with Gasteiger partial charge in [-0.1, -0.05) is 26.0 Å². The molecule has 136 valence electrons. The van der Waals surface area contributed by atoms with E-state index in [0.717, 1.165) is 6.54 Å². The molecular weight excluding hydrogens is 320 g/mol. The van der Waals surface area contributed by atoms with Crippen LogP contribution in [0.3, 0.4) is 0 Å². The van der Waals surface area contributed by atoms with Gasteiger partial charge in [0.05, 0.1) is 0 Å². The number of rotatable bonds is 3. The molecule has 3 atom stereocenters. The molecule has 2 aliphatic rings. The van der Waals surface area contributed by atoms with Gasteiger partial charge in [0.15, 0.2) is 0 Å². The first kappa shape index (κ1) is 16.1. The van der Waals surface area contributed by atoms with E-state index in [2.05, 4.69) is 70.9 Å². The number of likely N-dealkylation sites (tertiary alicyclic amines) is 1. The summed E-state index contributed by atoms with van der Waals surface area (Å²) in [6.45, 7) is 6.72. The van der Waals surface area contributed by atoms with Crippen LogP contribution in [-0.4, -0.2) is 39.1 Å². The van der Waals surface area contributed by atoms with Gasteiger partial charge in [-0.25, -0.2) is 4.98 Å². The van der Waals surface area contributed by atoms with Crippen LogP contribution in [0.15, 0.2) is 36.8 Å². The van der Waals surface area contributed by atoms with Crippen LogP contribution in [0.1, 0.15) is 49.1 Å². The molecule has 4 heteroatoms. The molecule has 0 spiro atoms. The third-order valence-electron chi connectivity index (χ3n) is 6.53. The molecule has 0 saturated carbocycles. The van der Waals surface area contributed by atoms with Crippen molar-refractivity contribution in [1.29, 1.82) is 0 Å². The zero-order valence-corrected chi connectivity index (χ0v) is 15.9. The second-order valence-electron chi connectivity index (χ2n) is 8.60. The third kappa shape index (κ3) is 2.43. The Balaban J connectivity index is 1.47. The summed E-state index contributed by atoms with van der Waals surface area (Å²) >= 11 is 0. The lowest BCUT2D eigenvalue weighted by Gasteiger charge is -2.45. The van der Waals surface area contributed by atoms with Gasteiger partial charge in [-0.3, -0.25) is 0 Å². The first-order valence-electron chi connectivity index (χ1n) is 9.92. The zero-order chi connectivity index (χ0) is 17.8. The Hall–Kier alpha value is -2.07. The average Bonchev–Trinajstić information content (AvgIpc) is 3.24. The number of H-pyrrole nitrogens is 1. The number of nitrogens with zero attached hydrogens (tertiary/aromatic N) is 3. The van der Waals surface area contributed by atoms with E-state index in [9.17, 15) is 0 Å². The van der Waals surface area contributed by atoms with Crippen LogP contribution in [0.2, 0.25) is 0 Å². The fraction of sp³-hybridized carbons (Fsp3) is 0.500. The molecular formula is C22H28N4. The summed E-state index contributed by atoms with van der Waals surface area (Å²) in [6.07, 6.45) is 8.79. The summed E-state index contributed by atoms with van der Waals surface area (Å²) in [6, 6.07) is 7.43. The van der Waals surface area contributed by atoms with Gasteiger partial charge in [0.25, 0.3) is 0 Å². The van der Waals surface area contributed by atoms with E-state index in [1.54, 1.807) is 5.56 Å². The lowest BCUT2D eigenvalue weighted by molar-refractivity contribution is 0.103. The summed E-state index contributed by atoms with van der Waals surface area (Å²) in [4.78, 5) is 10.7. The van der Waals surface area contributed by atoms with Gasteiger partial charge in [-0.15, -0.1) is 0 Å². The third-order valence-corrected chi connectivity index (χ3v) is 6.53. The summed E-state index contributed by atoms with van der Waals surface area (Å²) in [5.41, 5.74) is 4.36. The van der Waals surface area contributed by atoms with Crippen molar-refractivity contribution in [3.63, 3.8) is 0 Å². The minimum Gasteiger partial charge on any atom is -0.361 e. The molecule has 1 aliphatic carbocycles. The maximum atomic E-state index is 4.58. The van der Waals surface area contributed by atoms with Crippen LogP contribution in [0.25, 0.3) is 10.9 Å². The Labute approximate surface area is 155 Å². The fourth-order valence-electron chi connectivity index (χ4n) is 5.44. The molecule has 3 heterocycles. The van der Waals surface area contributed by atoms with Crippen molar-refractivity contribution in [2.24, 2.45) is 5.92 Å². The van der Waals surface area contributed by atoms with E-state index < -0.39 is 0 Å². The van der Waals surface area contributed by atoms with Gasteiger partial charge in [0, 0.05) is 60.5 Å². The van der Waals surface area contributed by atoms with Gasteiger partial charge in [0.1, 0.15) is 5.82 Å². The predicted octanol–water partition coefficient (Wildman–Crippen LogP) is 4.15. The minimum absolute atomic E-state index is 0.477. The number of benzene rings is 1. The van der Waals surface area contributed by atoms with Crippen molar-refractivity contribution in [2.75, 3.05) is 13.6 Å². The van der Waals surface area contributed by atoms with E-state index in [-0.39, 0.29) is 0 Å². The maximum absolute atomic E-state index is 4.58. The lowest BCUT2D eigenvalue weighted by Crippen LogP contribution is -2.48. The highest BCUT2D eigenvalue weighted by Gasteiger charge is 2.39. The molecule has 2 aromatic heterocycles. The minimum atomic E-state index is 0.477. The Morgan fingerprint density at radius 2 is 2.19 bits per heavy atom. The molecule has 1 saturated heterocycles. The van der Waals surface area contributed by atoms with E-state index in [1.165, 1.54) is 41.7 Å². The first-order valence-corrected chi connectivity index (χ1v) is 9.92. The molecule has 26 heavy (non-hydrogen) atoms. The van der Waals surface area contributed by atoms with Gasteiger partial charge in [0.2, 0.25) is 0 Å². The Morgan fingerprint density at radius 3 is 3.04 bits per heavy atom. The molecule has 1 aromatic carbocycles. The number of imidazole rings is 1. The van der Waals surface area contributed by atoms with E-state index in [1.807, 2.05) is 6.20 Å². The number of hydrogen-bond acceptors (Lipinski definition) is 2. The molecule has 3 aromatic rings. The number of aromatic nitrogens is 3. The molecule has 1 aliphatic heterocycles. The van der Waals surface area contributed by atoms with Gasteiger partial charge in [-0.05, 0) is 43.0 Å². The van der Waals surface area contributed by atoms with E-state index >= 15 is 0 Å². The number of piperidine rings is 1. The smallest absolute Gasteiger partial charge is 0.111 e. The number of aromatic amines is 1. The number of likely N-dealkylation sites (N-methyl/N-ethyl adjacent to an activating group) is 1. The molecule has 0 amide bonds. The molecule has 4 nitrogen and oxygen atoms in total. The highest BCUT2D eigenvalue weighted by molar-refractivity contribution is 5.88. The van der Waals surface area contributed by atoms with Crippen LogP contribution in [-0.2, 0) is 13.0 Å². The Morgan fingerprint density at radius 1 is 1.31 bits per heavy atom. The fourth-order valence-corrected chi connectivity index (χ4v) is 5.44. The van der Waals surface area contributed by atoms with E-state index in [4.69, 9.17) is 0 Å². The number of nitrogens with one attached hydrogen (secondary N) is 1. The van der Waals surface area contributed by atoms with Crippen LogP contribution in [0.4, 0.5) is 0 Å². The highest BCUT2D eigenvalue weighted by Crippen LogP contribution is 2.44. The van der Waals surface area contributed by atoms with Crippen LogP contribution in [0.5, 0.6) is 0 Å². The quantitative estimate of drug-likeness (QED) is 0.772. The van der Waals surface area contributed by atoms with Crippen LogP contribution in [0, 0.1) is 5.92 Å². The Bertz CT molecular complexity index is 935. The summed E-state index contributed by atoms with van der Waals surface area (Å²) in [5.74, 6) is 3.00. The molecule has 1 fully saturated rings. The van der Waals surface area contributed by atoms with E-state index in [0.29, 0.717) is 23.8 Å². The van der Waals surface area contributed by atoms with Crippen molar-refractivity contribution in [3.05, 3.63) is 53.7 Å². The topological polar surface area (TPSA) is 36.9 Å². The predicted molar refractivity (Wildman–Crippen MR) is 106 cm³/mol. The molecule has 5 rings (SSSR count). The van der Waals surface area contributed by atoms with Gasteiger partial charge in [-0.2, -0.15) is 0 Å². The molecule has 0 bridgehead atoms. The summed E-state index contributed by atoms with van der Waals surface area (Å²) in [7, 11) is 2.32. The lowest BCUT2D eigenvalue weighted by atomic mass is 9.72. The largest absolute Gasteiger partial charge is 0.361 e. The maximum Gasteiger partial charge on any atom is 0.111 e. The average molecular weight is 348 g/mol. The Kier molecular flexibility index (Phi) is 3.71. The van der Waals surface area contributed by atoms with Gasteiger partial charge >= 0.3 is 0 Å². The highest BCUT2D eigenvalue weighted by atomic mass is 15.2. The summed E-state index contributed by atoms with van der Waals surface area (Å²) < 4.78 is 2.38. The van der Waals surface area contributed by atoms with Crippen molar-refractivity contribution < 1.29 is 0 Å². The summed E-state index contributed by atoms with van der Waals surface area (Å²) in [5, 5.41) is 1.49. The van der Waals surface area contributed by atoms with Gasteiger partial charge < -0.3 is 14.5 Å². The second kappa shape index (κ2) is 5.98. The van der Waals surface area contributed by atoms with Crippen LogP contribution < -0.4 is 0 Å². The van der Waals surface area contributed by atoms with Crippen molar-refractivity contribution >= 4 is 10.9 Å². The normalized spacial score (nSPS) is 25.8. The van der Waals surface area contributed by atoms with Crippen molar-refractivity contribution in [3.8, 4) is 0 Å². The molecule has 0 radical (unpaired) electrons. The second-order valence-corrected chi connectivity index (χ2v) is 8.60. The van der Waals surface area contributed by atoms with Crippen molar-refractivity contribution in [2.45, 2.75) is 51.1 Å². The monoisotopic (exact) mass is 348 g/mol. The standard InChI is InChI=1S/C22H28N4/c1-14(2)22-23-7-8-26(22)13-15-9-18-17-5-4-6-19-21(17)16(11-24-19)10-20(18)25(3)12-15/h4-8,11,14-15,18,20,24H,9-10,12-13H2,1-3H3/t15-,18-,20-/m1/s1. The first-order chi connectivity index (χ1) is 12.6. The van der Waals surface area contributed by atoms with Crippen LogP contribution >= 0.6 is 0 Å². The SMILES string of the molecule is CC(C)c1nccn1C[C@@H]1C[C@@H]2c3cccc4[nH]cc(c34)C[C@H]2N(C)C1. The molecule has 0 unspecified atom stereocenters.